The molecule has 3 rings (SSSR count). The fraction of sp³-hybridized carbons (Fsp3) is 0.312. The number of nitro benzene ring substituents is 1. The van der Waals surface area contributed by atoms with E-state index in [-0.39, 0.29) is 22.7 Å². The van der Waals surface area contributed by atoms with Gasteiger partial charge in [-0.3, -0.25) is 14.9 Å². The highest BCUT2D eigenvalue weighted by Crippen LogP contribution is 2.38. The molecule has 1 fully saturated rings. The molecule has 8 heteroatoms. The second-order valence-corrected chi connectivity index (χ2v) is 6.16. The van der Waals surface area contributed by atoms with Gasteiger partial charge in [0.25, 0.3) is 5.69 Å². The van der Waals surface area contributed by atoms with E-state index in [4.69, 9.17) is 11.6 Å². The molecule has 2 N–H and O–H groups in total. The number of aromatic nitrogens is 1. The van der Waals surface area contributed by atoms with Crippen molar-refractivity contribution >= 4 is 34.7 Å². The lowest BCUT2D eigenvalue weighted by Gasteiger charge is -2.26. The van der Waals surface area contributed by atoms with E-state index >= 15 is 0 Å². The SMILES string of the molecule is CC(=O)Nc1ccc([C@@H]2CCCN2c2ccc([N+](=O)[O-])c(Cl)c2)[nH]1. The minimum atomic E-state index is -0.488. The number of carbonyl (C=O) groups excluding carboxylic acids is 1. The Hall–Kier alpha value is -2.54. The first-order valence-electron chi connectivity index (χ1n) is 7.63. The van der Waals surface area contributed by atoms with Crippen LogP contribution in [0.3, 0.4) is 0 Å². The van der Waals surface area contributed by atoms with Crippen LogP contribution in [0.15, 0.2) is 30.3 Å². The summed E-state index contributed by atoms with van der Waals surface area (Å²) in [5.74, 6) is 0.528. The average molecular weight is 349 g/mol. The van der Waals surface area contributed by atoms with Crippen LogP contribution in [-0.2, 0) is 4.79 Å². The van der Waals surface area contributed by atoms with Crippen molar-refractivity contribution < 1.29 is 9.72 Å². The lowest BCUT2D eigenvalue weighted by molar-refractivity contribution is -0.384. The number of aromatic amines is 1. The zero-order valence-electron chi connectivity index (χ0n) is 13.1. The van der Waals surface area contributed by atoms with Crippen LogP contribution >= 0.6 is 11.6 Å². The van der Waals surface area contributed by atoms with Gasteiger partial charge in [0.1, 0.15) is 10.8 Å². The van der Waals surface area contributed by atoms with E-state index in [2.05, 4.69) is 15.2 Å². The summed E-state index contributed by atoms with van der Waals surface area (Å²) in [5.41, 5.74) is 1.75. The Labute approximate surface area is 143 Å². The number of nitrogens with zero attached hydrogens (tertiary/aromatic N) is 2. The van der Waals surface area contributed by atoms with Gasteiger partial charge in [-0.25, -0.2) is 0 Å². The number of amides is 1. The number of anilines is 2. The molecule has 2 aromatic rings. The highest BCUT2D eigenvalue weighted by atomic mass is 35.5. The zero-order valence-corrected chi connectivity index (χ0v) is 13.8. The summed E-state index contributed by atoms with van der Waals surface area (Å²) >= 11 is 6.03. The molecule has 0 aliphatic carbocycles. The van der Waals surface area contributed by atoms with Gasteiger partial charge in [0, 0.05) is 30.9 Å². The third kappa shape index (κ3) is 3.21. The number of carbonyl (C=O) groups is 1. The highest BCUT2D eigenvalue weighted by Gasteiger charge is 2.28. The first-order valence-corrected chi connectivity index (χ1v) is 8.00. The Morgan fingerprint density at radius 3 is 2.88 bits per heavy atom. The van der Waals surface area contributed by atoms with Gasteiger partial charge in [0.15, 0.2) is 0 Å². The number of H-pyrrole nitrogens is 1. The fourth-order valence-corrected chi connectivity index (χ4v) is 3.33. The normalized spacial score (nSPS) is 17.1. The Morgan fingerprint density at radius 2 is 2.21 bits per heavy atom. The summed E-state index contributed by atoms with van der Waals surface area (Å²) in [6.45, 7) is 2.30. The third-order valence-electron chi connectivity index (χ3n) is 4.09. The van der Waals surface area contributed by atoms with Crippen molar-refractivity contribution in [1.82, 2.24) is 4.98 Å². The molecule has 126 valence electrons. The Kier molecular flexibility index (Phi) is 4.44. The average Bonchev–Trinajstić information content (AvgIpc) is 3.14. The minimum absolute atomic E-state index is 0.0935. The van der Waals surface area contributed by atoms with Crippen LogP contribution in [0.1, 0.15) is 31.5 Å². The predicted molar refractivity (Wildman–Crippen MR) is 92.5 cm³/mol. The molecule has 2 heterocycles. The summed E-state index contributed by atoms with van der Waals surface area (Å²) in [6, 6.07) is 8.68. The van der Waals surface area contributed by atoms with Gasteiger partial charge in [-0.2, -0.15) is 0 Å². The fourth-order valence-electron chi connectivity index (χ4n) is 3.09. The van der Waals surface area contributed by atoms with Crippen molar-refractivity contribution in [3.8, 4) is 0 Å². The van der Waals surface area contributed by atoms with Gasteiger partial charge in [-0.1, -0.05) is 11.6 Å². The Morgan fingerprint density at radius 1 is 1.42 bits per heavy atom. The Bertz CT molecular complexity index is 789. The highest BCUT2D eigenvalue weighted by molar-refractivity contribution is 6.32. The number of halogens is 1. The van der Waals surface area contributed by atoms with Crippen molar-refractivity contribution in [3.63, 3.8) is 0 Å². The number of hydrogen-bond donors (Lipinski definition) is 2. The maximum Gasteiger partial charge on any atom is 0.288 e. The molecule has 1 atom stereocenters. The van der Waals surface area contributed by atoms with Crippen molar-refractivity contribution in [2.45, 2.75) is 25.8 Å². The van der Waals surface area contributed by atoms with Crippen LogP contribution in [0.25, 0.3) is 0 Å². The lowest BCUT2D eigenvalue weighted by Crippen LogP contribution is -2.22. The maximum atomic E-state index is 11.1. The molecule has 1 aromatic heterocycles. The van der Waals surface area contributed by atoms with Crippen LogP contribution < -0.4 is 10.2 Å². The number of benzene rings is 1. The van der Waals surface area contributed by atoms with Gasteiger partial charge in [-0.05, 0) is 37.1 Å². The molecule has 7 nitrogen and oxygen atoms in total. The van der Waals surface area contributed by atoms with E-state index in [0.717, 1.165) is 30.8 Å². The van der Waals surface area contributed by atoms with Gasteiger partial charge in [0.05, 0.1) is 11.0 Å². The van der Waals surface area contributed by atoms with E-state index in [9.17, 15) is 14.9 Å². The van der Waals surface area contributed by atoms with Crippen molar-refractivity contribution in [3.05, 3.63) is 51.2 Å². The van der Waals surface area contributed by atoms with Crippen LogP contribution in [-0.4, -0.2) is 22.4 Å². The topological polar surface area (TPSA) is 91.3 Å². The minimum Gasteiger partial charge on any atom is -0.363 e. The molecule has 0 radical (unpaired) electrons. The van der Waals surface area contributed by atoms with Crippen molar-refractivity contribution in [1.29, 1.82) is 0 Å². The van der Waals surface area contributed by atoms with Crippen molar-refractivity contribution in [2.75, 3.05) is 16.8 Å². The zero-order chi connectivity index (χ0) is 17.3. The molecular formula is C16H17ClN4O3. The third-order valence-corrected chi connectivity index (χ3v) is 4.39. The van der Waals surface area contributed by atoms with Crippen LogP contribution in [0, 0.1) is 10.1 Å². The van der Waals surface area contributed by atoms with Crippen LogP contribution in [0.5, 0.6) is 0 Å². The summed E-state index contributed by atoms with van der Waals surface area (Å²) in [7, 11) is 0. The first kappa shape index (κ1) is 16.3. The second-order valence-electron chi connectivity index (χ2n) is 5.75. The molecule has 1 amide bonds. The standard InChI is InChI=1S/C16H17ClN4O3/c1-10(22)18-16-7-5-13(19-16)15-3-2-8-20(15)11-4-6-14(21(23)24)12(17)9-11/h4-7,9,15,19H,2-3,8H2,1H3,(H,18,22)/t15-/m0/s1. The Balaban J connectivity index is 1.85. The van der Waals surface area contributed by atoms with Gasteiger partial charge in [0.2, 0.25) is 5.91 Å². The number of rotatable bonds is 4. The number of nitrogens with one attached hydrogen (secondary N) is 2. The summed E-state index contributed by atoms with van der Waals surface area (Å²) in [6.07, 6.45) is 1.96. The molecule has 0 spiro atoms. The molecule has 1 aliphatic rings. The molecule has 24 heavy (non-hydrogen) atoms. The van der Waals surface area contributed by atoms with Gasteiger partial charge in [-0.15, -0.1) is 0 Å². The molecule has 0 saturated carbocycles. The summed E-state index contributed by atoms with van der Waals surface area (Å²) in [4.78, 5) is 26.9. The first-order chi connectivity index (χ1) is 11.5. The number of nitro groups is 1. The van der Waals surface area contributed by atoms with E-state index in [1.165, 1.54) is 13.0 Å². The predicted octanol–water partition coefficient (Wildman–Crippen LogP) is 3.88. The summed E-state index contributed by atoms with van der Waals surface area (Å²) in [5, 5.41) is 13.8. The van der Waals surface area contributed by atoms with Crippen molar-refractivity contribution in [2.24, 2.45) is 0 Å². The molecule has 0 unspecified atom stereocenters. The molecular weight excluding hydrogens is 332 g/mol. The van der Waals surface area contributed by atoms with E-state index in [0.29, 0.717) is 5.82 Å². The van der Waals surface area contributed by atoms with E-state index in [1.54, 1.807) is 12.1 Å². The molecule has 1 saturated heterocycles. The molecule has 1 aliphatic heterocycles. The lowest BCUT2D eigenvalue weighted by atomic mass is 10.1. The van der Waals surface area contributed by atoms with Crippen LogP contribution in [0.2, 0.25) is 5.02 Å². The smallest absolute Gasteiger partial charge is 0.288 e. The molecule has 0 bridgehead atoms. The van der Waals surface area contributed by atoms with Crippen LogP contribution in [0.4, 0.5) is 17.2 Å². The molecule has 1 aromatic carbocycles. The number of hydrogen-bond acceptors (Lipinski definition) is 4. The van der Waals surface area contributed by atoms with E-state index in [1.807, 2.05) is 12.1 Å². The maximum absolute atomic E-state index is 11.1. The largest absolute Gasteiger partial charge is 0.363 e. The summed E-state index contributed by atoms with van der Waals surface area (Å²) < 4.78 is 0. The quantitative estimate of drug-likeness (QED) is 0.648. The second kappa shape index (κ2) is 6.52. The van der Waals surface area contributed by atoms with Gasteiger partial charge >= 0.3 is 0 Å². The van der Waals surface area contributed by atoms with E-state index < -0.39 is 4.92 Å². The van der Waals surface area contributed by atoms with Gasteiger partial charge < -0.3 is 15.2 Å². The monoisotopic (exact) mass is 348 g/mol.